The second-order valence-electron chi connectivity index (χ2n) is 2.69. The van der Waals surface area contributed by atoms with Crippen LogP contribution in [0, 0.1) is 0 Å². The lowest BCUT2D eigenvalue weighted by Gasteiger charge is -1.99. The van der Waals surface area contributed by atoms with Gasteiger partial charge in [0.05, 0.1) is 29.3 Å². The quantitative estimate of drug-likeness (QED) is 0.679. The average Bonchev–Trinajstić information content (AvgIpc) is 2.64. The second kappa shape index (κ2) is 3.31. The van der Waals surface area contributed by atoms with Crippen molar-refractivity contribution in [1.82, 2.24) is 5.16 Å². The highest BCUT2D eigenvalue weighted by atomic mass is 35.5. The van der Waals surface area contributed by atoms with Crippen LogP contribution in [0.3, 0.4) is 0 Å². The van der Waals surface area contributed by atoms with Gasteiger partial charge in [-0.25, -0.2) is 4.79 Å². The molecule has 5 heteroatoms. The number of fused-ring (bicyclic) bond motifs is 1. The van der Waals surface area contributed by atoms with Crippen LogP contribution in [-0.4, -0.2) is 18.2 Å². The van der Waals surface area contributed by atoms with Gasteiger partial charge in [-0.1, -0.05) is 16.8 Å². The van der Waals surface area contributed by atoms with Crippen molar-refractivity contribution in [2.75, 3.05) is 7.11 Å². The predicted molar refractivity (Wildman–Crippen MR) is 50.4 cm³/mol. The van der Waals surface area contributed by atoms with E-state index in [1.165, 1.54) is 19.4 Å². The number of nitrogens with zero attached hydrogens (tertiary/aromatic N) is 1. The zero-order valence-corrected chi connectivity index (χ0v) is 8.04. The van der Waals surface area contributed by atoms with Gasteiger partial charge in [0.1, 0.15) is 0 Å². The maximum Gasteiger partial charge on any atom is 0.338 e. The Kier molecular flexibility index (Phi) is 2.13. The molecular formula is C9H6ClNO3. The van der Waals surface area contributed by atoms with E-state index in [0.717, 1.165) is 0 Å². The van der Waals surface area contributed by atoms with Crippen molar-refractivity contribution in [3.63, 3.8) is 0 Å². The molecule has 0 atom stereocenters. The summed E-state index contributed by atoms with van der Waals surface area (Å²) in [5.74, 6) is -0.454. The Labute approximate surface area is 84.4 Å². The van der Waals surface area contributed by atoms with Crippen LogP contribution in [0.15, 0.2) is 22.9 Å². The number of benzene rings is 1. The fraction of sp³-hybridized carbons (Fsp3) is 0.111. The van der Waals surface area contributed by atoms with Gasteiger partial charge in [-0.15, -0.1) is 0 Å². The number of ether oxygens (including phenoxy) is 1. The average molecular weight is 212 g/mol. The highest BCUT2D eigenvalue weighted by Crippen LogP contribution is 2.25. The molecule has 0 unspecified atom stereocenters. The predicted octanol–water partition coefficient (Wildman–Crippen LogP) is 2.27. The first-order valence-electron chi connectivity index (χ1n) is 3.84. The standard InChI is InChI=1S/C9H6ClNO3/c1-13-9(12)5-2-7(10)6-4-11-14-8(6)3-5/h2-4H,1H3. The lowest BCUT2D eigenvalue weighted by Crippen LogP contribution is -2.00. The van der Waals surface area contributed by atoms with Crippen LogP contribution in [0.2, 0.25) is 5.02 Å². The van der Waals surface area contributed by atoms with E-state index in [4.69, 9.17) is 16.1 Å². The van der Waals surface area contributed by atoms with Crippen molar-refractivity contribution < 1.29 is 14.1 Å². The van der Waals surface area contributed by atoms with Crippen LogP contribution >= 0.6 is 11.6 Å². The Balaban J connectivity index is 2.64. The van der Waals surface area contributed by atoms with Crippen molar-refractivity contribution in [3.05, 3.63) is 28.9 Å². The van der Waals surface area contributed by atoms with Crippen LogP contribution in [0.5, 0.6) is 0 Å². The molecule has 0 spiro atoms. The van der Waals surface area contributed by atoms with Gasteiger partial charge in [-0.05, 0) is 12.1 Å². The summed E-state index contributed by atoms with van der Waals surface area (Å²) >= 11 is 5.90. The number of hydrogen-bond acceptors (Lipinski definition) is 4. The maximum atomic E-state index is 11.2. The van der Waals surface area contributed by atoms with E-state index in [1.807, 2.05) is 0 Å². The maximum absolute atomic E-state index is 11.2. The van der Waals surface area contributed by atoms with Crippen molar-refractivity contribution >= 4 is 28.5 Å². The molecule has 0 amide bonds. The molecule has 1 aromatic carbocycles. The van der Waals surface area contributed by atoms with Gasteiger partial charge in [0.2, 0.25) is 0 Å². The van der Waals surface area contributed by atoms with E-state index < -0.39 is 5.97 Å². The zero-order chi connectivity index (χ0) is 10.1. The number of aromatic nitrogens is 1. The Hall–Kier alpha value is -1.55. The van der Waals surface area contributed by atoms with E-state index >= 15 is 0 Å². The molecule has 0 aliphatic rings. The fourth-order valence-corrected chi connectivity index (χ4v) is 1.42. The van der Waals surface area contributed by atoms with Crippen molar-refractivity contribution in [2.24, 2.45) is 0 Å². The number of carbonyl (C=O) groups excluding carboxylic acids is 1. The summed E-state index contributed by atoms with van der Waals surface area (Å²) in [4.78, 5) is 11.2. The normalized spacial score (nSPS) is 10.4. The van der Waals surface area contributed by atoms with Crippen LogP contribution in [-0.2, 0) is 4.74 Å². The molecule has 0 saturated carbocycles. The third-order valence-corrected chi connectivity index (χ3v) is 2.16. The van der Waals surface area contributed by atoms with E-state index in [9.17, 15) is 4.79 Å². The largest absolute Gasteiger partial charge is 0.465 e. The lowest BCUT2D eigenvalue weighted by atomic mass is 10.2. The van der Waals surface area contributed by atoms with E-state index in [1.54, 1.807) is 6.07 Å². The van der Waals surface area contributed by atoms with Crippen molar-refractivity contribution in [2.45, 2.75) is 0 Å². The van der Waals surface area contributed by atoms with Crippen molar-refractivity contribution in [3.8, 4) is 0 Å². The molecule has 0 radical (unpaired) electrons. The molecule has 0 bridgehead atoms. The minimum atomic E-state index is -0.454. The van der Waals surface area contributed by atoms with E-state index in [-0.39, 0.29) is 0 Å². The van der Waals surface area contributed by atoms with Gasteiger partial charge in [-0.3, -0.25) is 0 Å². The monoisotopic (exact) mass is 211 g/mol. The summed E-state index contributed by atoms with van der Waals surface area (Å²) in [6.45, 7) is 0. The Morgan fingerprint density at radius 3 is 3.07 bits per heavy atom. The smallest absolute Gasteiger partial charge is 0.338 e. The molecule has 1 aromatic heterocycles. The molecule has 0 aliphatic carbocycles. The van der Waals surface area contributed by atoms with Crippen LogP contribution in [0.25, 0.3) is 11.0 Å². The topological polar surface area (TPSA) is 52.3 Å². The summed E-state index contributed by atoms with van der Waals surface area (Å²) in [5.41, 5.74) is 0.819. The first kappa shape index (κ1) is 9.02. The first-order valence-corrected chi connectivity index (χ1v) is 4.22. The third kappa shape index (κ3) is 1.33. The van der Waals surface area contributed by atoms with Crippen molar-refractivity contribution in [1.29, 1.82) is 0 Å². The van der Waals surface area contributed by atoms with Gasteiger partial charge in [0.25, 0.3) is 0 Å². The minimum absolute atomic E-state index is 0.349. The highest BCUT2D eigenvalue weighted by Gasteiger charge is 2.11. The van der Waals surface area contributed by atoms with Gasteiger partial charge >= 0.3 is 5.97 Å². The summed E-state index contributed by atoms with van der Waals surface area (Å²) < 4.78 is 9.45. The minimum Gasteiger partial charge on any atom is -0.465 e. The molecule has 2 rings (SSSR count). The molecule has 1 heterocycles. The molecule has 14 heavy (non-hydrogen) atoms. The molecule has 0 fully saturated rings. The number of carbonyl (C=O) groups is 1. The number of halogens is 1. The van der Waals surface area contributed by atoms with Gasteiger partial charge in [0.15, 0.2) is 5.58 Å². The summed E-state index contributed by atoms with van der Waals surface area (Å²) in [6, 6.07) is 3.06. The van der Waals surface area contributed by atoms with Crippen LogP contribution in [0.1, 0.15) is 10.4 Å². The Bertz CT molecular complexity index is 492. The number of methoxy groups -OCH3 is 1. The van der Waals surface area contributed by atoms with E-state index in [2.05, 4.69) is 9.89 Å². The molecule has 0 N–H and O–H groups in total. The SMILES string of the molecule is COC(=O)c1cc(Cl)c2cnoc2c1. The highest BCUT2D eigenvalue weighted by molar-refractivity contribution is 6.35. The Morgan fingerprint density at radius 1 is 1.57 bits per heavy atom. The summed E-state index contributed by atoms with van der Waals surface area (Å²) in [7, 11) is 1.31. The molecule has 0 aliphatic heterocycles. The number of esters is 1. The number of rotatable bonds is 1. The Morgan fingerprint density at radius 2 is 2.36 bits per heavy atom. The van der Waals surface area contributed by atoms with E-state index in [0.29, 0.717) is 21.6 Å². The summed E-state index contributed by atoms with van der Waals surface area (Å²) in [6.07, 6.45) is 1.50. The van der Waals surface area contributed by atoms with Crippen LogP contribution in [0.4, 0.5) is 0 Å². The first-order chi connectivity index (χ1) is 6.72. The number of hydrogen-bond donors (Lipinski definition) is 0. The molecule has 72 valence electrons. The van der Waals surface area contributed by atoms with Gasteiger partial charge in [0, 0.05) is 0 Å². The third-order valence-electron chi connectivity index (χ3n) is 1.85. The molecule has 2 aromatic rings. The molecular weight excluding hydrogens is 206 g/mol. The molecule has 0 saturated heterocycles. The fourth-order valence-electron chi connectivity index (χ4n) is 1.16. The second-order valence-corrected chi connectivity index (χ2v) is 3.09. The van der Waals surface area contributed by atoms with Gasteiger partial charge in [-0.2, -0.15) is 0 Å². The summed E-state index contributed by atoms with van der Waals surface area (Å²) in [5, 5.41) is 4.68. The zero-order valence-electron chi connectivity index (χ0n) is 7.28. The molecule has 4 nitrogen and oxygen atoms in total. The van der Waals surface area contributed by atoms with Crippen LogP contribution < -0.4 is 0 Å². The lowest BCUT2D eigenvalue weighted by molar-refractivity contribution is 0.0601. The van der Waals surface area contributed by atoms with Gasteiger partial charge < -0.3 is 9.26 Å².